The first-order chi connectivity index (χ1) is 13.2. The molecule has 5 heteroatoms. The van der Waals surface area contributed by atoms with E-state index in [9.17, 15) is 9.50 Å². The Labute approximate surface area is 163 Å². The zero-order chi connectivity index (χ0) is 19.2. The van der Waals surface area contributed by atoms with Gasteiger partial charge in [-0.3, -0.25) is 0 Å². The van der Waals surface area contributed by atoms with Gasteiger partial charge in [-0.2, -0.15) is 0 Å². The largest absolute Gasteiger partial charge is 0.490 e. The van der Waals surface area contributed by atoms with Crippen molar-refractivity contribution in [2.75, 3.05) is 26.4 Å². The van der Waals surface area contributed by atoms with E-state index in [4.69, 9.17) is 4.74 Å². The number of halogens is 1. The average Bonchev–Trinajstić information content (AvgIpc) is 2.73. The highest BCUT2D eigenvalue weighted by Gasteiger charge is 2.34. The molecule has 0 aromatic rings. The summed E-state index contributed by atoms with van der Waals surface area (Å²) < 4.78 is 18.5. The van der Waals surface area contributed by atoms with Crippen molar-refractivity contribution < 1.29 is 14.2 Å². The van der Waals surface area contributed by atoms with Crippen LogP contribution in [-0.2, 0) is 4.74 Å². The number of ether oxygens (including phenoxy) is 1. The van der Waals surface area contributed by atoms with Crippen molar-refractivity contribution in [3.63, 3.8) is 0 Å². The molecule has 27 heavy (non-hydrogen) atoms. The lowest BCUT2D eigenvalue weighted by Gasteiger charge is -2.41. The molecule has 0 radical (unpaired) electrons. The van der Waals surface area contributed by atoms with E-state index in [1.807, 2.05) is 0 Å². The Bertz CT molecular complexity index is 579. The topological polar surface area (TPSA) is 44.7 Å². The maximum atomic E-state index is 12.8. The van der Waals surface area contributed by atoms with E-state index in [2.05, 4.69) is 42.3 Å². The van der Waals surface area contributed by atoms with Crippen LogP contribution in [-0.4, -0.2) is 54.6 Å². The van der Waals surface area contributed by atoms with Gasteiger partial charge in [-0.25, -0.2) is 4.39 Å². The second-order valence-corrected chi connectivity index (χ2v) is 7.92. The van der Waals surface area contributed by atoms with Gasteiger partial charge in [0.2, 0.25) is 0 Å². The molecule has 1 aliphatic heterocycles. The third-order valence-electron chi connectivity index (χ3n) is 6.35. The van der Waals surface area contributed by atoms with E-state index < -0.39 is 12.8 Å². The summed E-state index contributed by atoms with van der Waals surface area (Å²) >= 11 is 0. The van der Waals surface area contributed by atoms with Crippen LogP contribution in [0.3, 0.4) is 0 Å². The first-order valence-corrected chi connectivity index (χ1v) is 10.6. The van der Waals surface area contributed by atoms with Gasteiger partial charge in [0.1, 0.15) is 12.8 Å². The quantitative estimate of drug-likeness (QED) is 0.676. The Balaban J connectivity index is 1.60. The van der Waals surface area contributed by atoms with Crippen LogP contribution in [0, 0.1) is 5.92 Å². The normalized spacial score (nSPS) is 29.2. The first-order valence-electron chi connectivity index (χ1n) is 10.6. The molecule has 2 N–H and O–H groups in total. The minimum Gasteiger partial charge on any atom is -0.490 e. The molecule has 0 amide bonds. The smallest absolute Gasteiger partial charge is 0.149 e. The summed E-state index contributed by atoms with van der Waals surface area (Å²) in [7, 11) is 0. The highest BCUT2D eigenvalue weighted by molar-refractivity contribution is 5.28. The summed E-state index contributed by atoms with van der Waals surface area (Å²) in [5, 5.41) is 13.0. The van der Waals surface area contributed by atoms with E-state index in [0.717, 1.165) is 44.5 Å². The lowest BCUT2D eigenvalue weighted by molar-refractivity contribution is 0.0285. The molecule has 0 spiro atoms. The summed E-state index contributed by atoms with van der Waals surface area (Å²) in [5.74, 6) is 1.47. The van der Waals surface area contributed by atoms with Gasteiger partial charge < -0.3 is 20.1 Å². The minimum atomic E-state index is -0.725. The fourth-order valence-corrected chi connectivity index (χ4v) is 4.70. The fourth-order valence-electron chi connectivity index (χ4n) is 4.70. The molecule has 0 aromatic heterocycles. The molecule has 4 nitrogen and oxygen atoms in total. The number of allylic oxidation sites excluding steroid dienone is 4. The molecule has 3 rings (SSSR count). The molecule has 1 fully saturated rings. The number of hydrogen-bond acceptors (Lipinski definition) is 4. The zero-order valence-electron chi connectivity index (χ0n) is 16.8. The van der Waals surface area contributed by atoms with Crippen molar-refractivity contribution in [3.8, 4) is 0 Å². The Morgan fingerprint density at radius 1 is 1.26 bits per heavy atom. The highest BCUT2D eigenvalue weighted by Crippen LogP contribution is 2.36. The summed E-state index contributed by atoms with van der Waals surface area (Å²) in [6, 6.07) is 0.826. The monoisotopic (exact) mass is 378 g/mol. The number of fused-ring (bicyclic) bond motifs is 1. The lowest BCUT2D eigenvalue weighted by Crippen LogP contribution is -2.50. The van der Waals surface area contributed by atoms with Gasteiger partial charge in [0.15, 0.2) is 0 Å². The SMILES string of the molecule is CCN(CC)C1=CC=C([C@@H]2CC[C@@H]3CC=C(OC(CO)CF)C[C@@H]3N2)CC1. The zero-order valence-corrected chi connectivity index (χ0v) is 16.8. The van der Waals surface area contributed by atoms with Crippen LogP contribution in [0.5, 0.6) is 0 Å². The van der Waals surface area contributed by atoms with Crippen LogP contribution in [0.2, 0.25) is 0 Å². The number of aliphatic hydroxyl groups excluding tert-OH is 1. The summed E-state index contributed by atoms with van der Waals surface area (Å²) in [6.45, 7) is 5.65. The average molecular weight is 379 g/mol. The standard InChI is InChI=1S/C22H35FN2O2/c1-3-25(4-2)18-9-5-16(6-10-18)21-12-8-17-7-11-19(13-22(17)24-21)27-20(14-23)15-26/h5,9,11,17,20-22,24,26H,3-4,6-8,10,12-15H2,1-2H3/t17-,20?,21-,22-/m0/s1. The number of piperidine rings is 1. The number of hydrogen-bond donors (Lipinski definition) is 2. The Morgan fingerprint density at radius 3 is 2.70 bits per heavy atom. The van der Waals surface area contributed by atoms with E-state index in [-0.39, 0.29) is 6.61 Å². The third-order valence-corrected chi connectivity index (χ3v) is 6.35. The van der Waals surface area contributed by atoms with Crippen LogP contribution < -0.4 is 5.32 Å². The van der Waals surface area contributed by atoms with Gasteiger partial charge in [0.05, 0.1) is 12.4 Å². The molecule has 1 unspecified atom stereocenters. The molecule has 0 aromatic carbocycles. The van der Waals surface area contributed by atoms with E-state index in [1.54, 1.807) is 0 Å². The molecular formula is C22H35FN2O2. The van der Waals surface area contributed by atoms with Crippen LogP contribution in [0.4, 0.5) is 4.39 Å². The Morgan fingerprint density at radius 2 is 2.07 bits per heavy atom. The van der Waals surface area contributed by atoms with Crippen molar-refractivity contribution in [1.29, 1.82) is 0 Å². The number of rotatable bonds is 8. The van der Waals surface area contributed by atoms with Crippen LogP contribution in [0.25, 0.3) is 0 Å². The van der Waals surface area contributed by atoms with Gasteiger partial charge in [-0.05, 0) is 64.0 Å². The van der Waals surface area contributed by atoms with Crippen molar-refractivity contribution in [1.82, 2.24) is 10.2 Å². The molecule has 0 saturated carbocycles. The molecule has 4 atom stereocenters. The maximum absolute atomic E-state index is 12.8. The fraction of sp³-hybridized carbons (Fsp3) is 0.727. The second-order valence-electron chi connectivity index (χ2n) is 7.92. The van der Waals surface area contributed by atoms with Gasteiger partial charge in [-0.1, -0.05) is 11.6 Å². The molecule has 1 saturated heterocycles. The molecule has 3 aliphatic rings. The molecular weight excluding hydrogens is 343 g/mol. The Hall–Kier alpha value is -1.33. The number of nitrogens with one attached hydrogen (secondary N) is 1. The van der Waals surface area contributed by atoms with E-state index in [1.165, 1.54) is 24.1 Å². The van der Waals surface area contributed by atoms with Gasteiger partial charge in [-0.15, -0.1) is 0 Å². The highest BCUT2D eigenvalue weighted by atomic mass is 19.1. The van der Waals surface area contributed by atoms with Gasteiger partial charge in [0, 0.05) is 37.3 Å². The van der Waals surface area contributed by atoms with Crippen molar-refractivity contribution >= 4 is 0 Å². The Kier molecular flexibility index (Phi) is 7.36. The number of alkyl halides is 1. The number of aliphatic hydroxyl groups is 1. The predicted octanol–water partition coefficient (Wildman–Crippen LogP) is 3.69. The van der Waals surface area contributed by atoms with Crippen molar-refractivity contribution in [2.45, 2.75) is 70.6 Å². The van der Waals surface area contributed by atoms with Crippen LogP contribution >= 0.6 is 0 Å². The maximum Gasteiger partial charge on any atom is 0.149 e. The lowest BCUT2D eigenvalue weighted by atomic mass is 9.77. The second kappa shape index (κ2) is 9.74. The molecule has 2 aliphatic carbocycles. The van der Waals surface area contributed by atoms with Gasteiger partial charge >= 0.3 is 0 Å². The number of nitrogens with zero attached hydrogens (tertiary/aromatic N) is 1. The van der Waals surface area contributed by atoms with E-state index >= 15 is 0 Å². The minimum absolute atomic E-state index is 0.272. The molecule has 1 heterocycles. The van der Waals surface area contributed by atoms with Crippen molar-refractivity contribution in [2.24, 2.45) is 5.92 Å². The molecule has 152 valence electrons. The van der Waals surface area contributed by atoms with Gasteiger partial charge in [0.25, 0.3) is 0 Å². The summed E-state index contributed by atoms with van der Waals surface area (Å²) in [6.07, 6.45) is 12.5. The molecule has 0 bridgehead atoms. The predicted molar refractivity (Wildman–Crippen MR) is 107 cm³/mol. The first kappa shape index (κ1) is 20.4. The van der Waals surface area contributed by atoms with Crippen molar-refractivity contribution in [3.05, 3.63) is 35.3 Å². The summed E-state index contributed by atoms with van der Waals surface area (Å²) in [5.41, 5.74) is 2.97. The summed E-state index contributed by atoms with van der Waals surface area (Å²) in [4.78, 5) is 2.44. The van der Waals surface area contributed by atoms with Crippen LogP contribution in [0.1, 0.15) is 52.4 Å². The van der Waals surface area contributed by atoms with E-state index in [0.29, 0.717) is 18.0 Å². The van der Waals surface area contributed by atoms with Crippen LogP contribution in [0.15, 0.2) is 35.3 Å². The third kappa shape index (κ3) is 4.94.